The van der Waals surface area contributed by atoms with E-state index in [9.17, 15) is 9.59 Å². The Hall–Kier alpha value is -3.87. The van der Waals surface area contributed by atoms with Gasteiger partial charge in [-0.25, -0.2) is 0 Å². The predicted octanol–water partition coefficient (Wildman–Crippen LogP) is 4.21. The fraction of sp³-hybridized carbons (Fsp3) is 0.269. The number of fused-ring (bicyclic) bond motifs is 1. The van der Waals surface area contributed by atoms with Gasteiger partial charge in [0, 0.05) is 42.0 Å². The molecule has 2 aromatic heterocycles. The monoisotopic (exact) mass is 444 g/mol. The molecule has 0 aliphatic heterocycles. The molecule has 0 atom stereocenters. The average Bonchev–Trinajstić information content (AvgIpc) is 3.26. The van der Waals surface area contributed by atoms with Gasteiger partial charge in [0.1, 0.15) is 11.4 Å². The minimum absolute atomic E-state index is 0.121. The predicted molar refractivity (Wildman–Crippen MR) is 130 cm³/mol. The highest BCUT2D eigenvalue weighted by atomic mass is 16.5. The maximum absolute atomic E-state index is 13.3. The molecule has 33 heavy (non-hydrogen) atoms. The van der Waals surface area contributed by atoms with Crippen LogP contribution in [0.4, 0.5) is 5.69 Å². The summed E-state index contributed by atoms with van der Waals surface area (Å²) in [5.74, 6) is 0.638. The summed E-state index contributed by atoms with van der Waals surface area (Å²) in [7, 11) is 3.53. The molecule has 1 amide bonds. The van der Waals surface area contributed by atoms with Crippen LogP contribution in [0.25, 0.3) is 16.9 Å². The van der Waals surface area contributed by atoms with Gasteiger partial charge in [0.25, 0.3) is 5.56 Å². The molecule has 7 nitrogen and oxygen atoms in total. The van der Waals surface area contributed by atoms with Gasteiger partial charge in [0.15, 0.2) is 0 Å². The van der Waals surface area contributed by atoms with E-state index in [1.54, 1.807) is 7.11 Å². The second-order valence-electron chi connectivity index (χ2n) is 8.32. The molecule has 0 aliphatic carbocycles. The standard InChI is InChI=1S/C26H28N4O3/c1-16-6-7-17(2)22(14-16)27-24(31)13-12-21-18(3)29(4)25-15-23(28-30(25)26(21)32)19-8-10-20(33-5)11-9-19/h6-11,14-15H,12-13H2,1-5H3,(H,27,31). The lowest BCUT2D eigenvalue weighted by Gasteiger charge is -2.13. The van der Waals surface area contributed by atoms with Crippen LogP contribution in [-0.2, 0) is 18.3 Å². The van der Waals surface area contributed by atoms with Gasteiger partial charge in [0.05, 0.1) is 12.8 Å². The Morgan fingerprint density at radius 2 is 1.79 bits per heavy atom. The summed E-state index contributed by atoms with van der Waals surface area (Å²) in [6, 6.07) is 15.4. The molecule has 1 N–H and O–H groups in total. The van der Waals surface area contributed by atoms with Crippen LogP contribution in [0.15, 0.2) is 53.3 Å². The van der Waals surface area contributed by atoms with E-state index in [0.29, 0.717) is 23.3 Å². The molecule has 0 spiro atoms. The van der Waals surface area contributed by atoms with E-state index < -0.39 is 0 Å². The quantitative estimate of drug-likeness (QED) is 0.483. The molecule has 0 radical (unpaired) electrons. The number of nitrogens with zero attached hydrogens (tertiary/aromatic N) is 3. The molecule has 0 bridgehead atoms. The van der Waals surface area contributed by atoms with Crippen molar-refractivity contribution in [1.82, 2.24) is 14.2 Å². The van der Waals surface area contributed by atoms with Crippen LogP contribution in [-0.4, -0.2) is 27.2 Å². The Morgan fingerprint density at radius 3 is 2.48 bits per heavy atom. The molecule has 2 aromatic carbocycles. The second-order valence-corrected chi connectivity index (χ2v) is 8.32. The van der Waals surface area contributed by atoms with E-state index in [4.69, 9.17) is 4.74 Å². The number of nitrogens with one attached hydrogen (secondary N) is 1. The zero-order chi connectivity index (χ0) is 23.7. The summed E-state index contributed by atoms with van der Waals surface area (Å²) in [6.45, 7) is 5.85. The summed E-state index contributed by atoms with van der Waals surface area (Å²) < 4.78 is 8.58. The van der Waals surface area contributed by atoms with E-state index in [0.717, 1.165) is 33.8 Å². The smallest absolute Gasteiger partial charge is 0.277 e. The third-order valence-electron chi connectivity index (χ3n) is 6.08. The lowest BCUT2D eigenvalue weighted by atomic mass is 10.1. The number of aryl methyl sites for hydroxylation is 3. The van der Waals surface area contributed by atoms with Crippen molar-refractivity contribution < 1.29 is 9.53 Å². The number of hydrogen-bond donors (Lipinski definition) is 1. The molecule has 4 rings (SSSR count). The first kappa shape index (κ1) is 22.3. The van der Waals surface area contributed by atoms with Crippen molar-refractivity contribution in [2.24, 2.45) is 7.05 Å². The maximum Gasteiger partial charge on any atom is 0.277 e. The average molecular weight is 445 g/mol. The number of amides is 1. The van der Waals surface area contributed by atoms with Gasteiger partial charge in [-0.1, -0.05) is 12.1 Å². The van der Waals surface area contributed by atoms with Crippen LogP contribution in [0.3, 0.4) is 0 Å². The Balaban J connectivity index is 1.60. The normalized spacial score (nSPS) is 11.1. The van der Waals surface area contributed by atoms with Gasteiger partial charge in [-0.15, -0.1) is 0 Å². The molecule has 0 fully saturated rings. The molecule has 0 saturated carbocycles. The zero-order valence-electron chi connectivity index (χ0n) is 19.6. The molecule has 4 aromatic rings. The molecule has 170 valence electrons. The zero-order valence-corrected chi connectivity index (χ0v) is 19.6. The lowest BCUT2D eigenvalue weighted by Crippen LogP contribution is -2.26. The summed E-state index contributed by atoms with van der Waals surface area (Å²) in [4.78, 5) is 25.9. The number of rotatable bonds is 6. The Bertz CT molecular complexity index is 1400. The fourth-order valence-electron chi connectivity index (χ4n) is 3.93. The van der Waals surface area contributed by atoms with E-state index in [1.807, 2.05) is 80.9 Å². The first-order chi connectivity index (χ1) is 15.8. The number of aromatic nitrogens is 3. The third-order valence-corrected chi connectivity index (χ3v) is 6.08. The van der Waals surface area contributed by atoms with Crippen molar-refractivity contribution in [3.63, 3.8) is 0 Å². The first-order valence-corrected chi connectivity index (χ1v) is 10.9. The lowest BCUT2D eigenvalue weighted by molar-refractivity contribution is -0.116. The number of carbonyl (C=O) groups excluding carboxylic acids is 1. The number of hydrogen-bond acceptors (Lipinski definition) is 4. The fourth-order valence-corrected chi connectivity index (χ4v) is 3.93. The molecule has 7 heteroatoms. The van der Waals surface area contributed by atoms with Gasteiger partial charge in [-0.3, -0.25) is 9.59 Å². The van der Waals surface area contributed by atoms with E-state index in [1.165, 1.54) is 4.52 Å². The second kappa shape index (κ2) is 8.94. The van der Waals surface area contributed by atoms with Crippen LogP contribution in [0.5, 0.6) is 5.75 Å². The highest BCUT2D eigenvalue weighted by molar-refractivity contribution is 5.91. The Labute approximate surface area is 192 Å². The van der Waals surface area contributed by atoms with Crippen molar-refractivity contribution >= 4 is 17.2 Å². The van der Waals surface area contributed by atoms with Gasteiger partial charge in [0.2, 0.25) is 5.91 Å². The van der Waals surface area contributed by atoms with Crippen LogP contribution in [0, 0.1) is 20.8 Å². The van der Waals surface area contributed by atoms with Crippen molar-refractivity contribution in [1.29, 1.82) is 0 Å². The summed E-state index contributed by atoms with van der Waals surface area (Å²) >= 11 is 0. The summed E-state index contributed by atoms with van der Waals surface area (Å²) in [5.41, 5.74) is 6.41. The molecule has 0 saturated heterocycles. The number of methoxy groups -OCH3 is 1. The Kier molecular flexibility index (Phi) is 6.05. The number of benzene rings is 2. The van der Waals surface area contributed by atoms with Gasteiger partial charge < -0.3 is 14.6 Å². The molecular weight excluding hydrogens is 416 g/mol. The first-order valence-electron chi connectivity index (χ1n) is 10.9. The number of carbonyl (C=O) groups is 1. The summed E-state index contributed by atoms with van der Waals surface area (Å²) in [5, 5.41) is 7.53. The van der Waals surface area contributed by atoms with Crippen LogP contribution in [0.1, 0.15) is 28.8 Å². The third kappa shape index (κ3) is 4.39. The maximum atomic E-state index is 13.3. The van der Waals surface area contributed by atoms with Crippen LogP contribution < -0.4 is 15.6 Å². The van der Waals surface area contributed by atoms with Gasteiger partial charge >= 0.3 is 0 Å². The molecule has 0 unspecified atom stereocenters. The highest BCUT2D eigenvalue weighted by Gasteiger charge is 2.17. The highest BCUT2D eigenvalue weighted by Crippen LogP contribution is 2.23. The van der Waals surface area contributed by atoms with Crippen molar-refractivity contribution in [2.75, 3.05) is 12.4 Å². The topological polar surface area (TPSA) is 77.6 Å². The van der Waals surface area contributed by atoms with E-state index in [2.05, 4.69) is 10.4 Å². The Morgan fingerprint density at radius 1 is 1.06 bits per heavy atom. The minimum atomic E-state index is -0.195. The minimum Gasteiger partial charge on any atom is -0.497 e. The SMILES string of the molecule is COc1ccc(-c2cc3n(C)c(C)c(CCC(=O)Nc4cc(C)ccc4C)c(=O)n3n2)cc1. The molecular formula is C26H28N4O3. The largest absolute Gasteiger partial charge is 0.497 e. The van der Waals surface area contributed by atoms with Gasteiger partial charge in [-0.05, 0) is 68.7 Å². The number of ether oxygens (including phenoxy) is 1. The van der Waals surface area contributed by atoms with Crippen molar-refractivity contribution in [3.8, 4) is 17.0 Å². The van der Waals surface area contributed by atoms with Gasteiger partial charge in [-0.2, -0.15) is 9.61 Å². The molecule has 2 heterocycles. The van der Waals surface area contributed by atoms with Crippen molar-refractivity contribution in [3.05, 3.63) is 81.3 Å². The van der Waals surface area contributed by atoms with E-state index >= 15 is 0 Å². The van der Waals surface area contributed by atoms with Crippen LogP contribution in [0.2, 0.25) is 0 Å². The summed E-state index contributed by atoms with van der Waals surface area (Å²) in [6.07, 6.45) is 0.546. The van der Waals surface area contributed by atoms with Crippen molar-refractivity contribution in [2.45, 2.75) is 33.6 Å². The number of anilines is 1. The van der Waals surface area contributed by atoms with Crippen LogP contribution >= 0.6 is 0 Å². The molecule has 0 aliphatic rings. The van der Waals surface area contributed by atoms with E-state index in [-0.39, 0.29) is 17.9 Å².